The van der Waals surface area contributed by atoms with E-state index in [1.165, 1.54) is 32.1 Å². The summed E-state index contributed by atoms with van der Waals surface area (Å²) < 4.78 is 10.9. The van der Waals surface area contributed by atoms with Crippen LogP contribution in [0.1, 0.15) is 58.7 Å². The molecule has 4 rings (SSSR count). The average molecular weight is 468 g/mol. The lowest BCUT2D eigenvalue weighted by atomic mass is 9.89. The highest BCUT2D eigenvalue weighted by Crippen LogP contribution is 2.23. The molecule has 0 radical (unpaired) electrons. The van der Waals surface area contributed by atoms with Gasteiger partial charge in [0, 0.05) is 28.9 Å². The summed E-state index contributed by atoms with van der Waals surface area (Å²) in [6, 6.07) is 15.2. The van der Waals surface area contributed by atoms with Crippen LogP contribution in [0.3, 0.4) is 0 Å². The van der Waals surface area contributed by atoms with Crippen molar-refractivity contribution in [2.45, 2.75) is 38.7 Å². The number of nitrogens with one attached hydrogen (secondary N) is 2. The fourth-order valence-corrected chi connectivity index (χ4v) is 3.93. The second-order valence-corrected chi connectivity index (χ2v) is 8.60. The van der Waals surface area contributed by atoms with E-state index in [1.54, 1.807) is 54.6 Å². The predicted molar refractivity (Wildman–Crippen MR) is 126 cm³/mol. The number of benzene rings is 2. The molecule has 7 nitrogen and oxygen atoms in total. The second-order valence-electron chi connectivity index (χ2n) is 8.17. The highest BCUT2D eigenvalue weighted by molar-refractivity contribution is 6.30. The molecule has 1 aliphatic rings. The third kappa shape index (κ3) is 6.58. The van der Waals surface area contributed by atoms with Crippen LogP contribution in [0.25, 0.3) is 0 Å². The molecule has 1 aliphatic carbocycles. The van der Waals surface area contributed by atoms with Gasteiger partial charge in [-0.1, -0.05) is 36.0 Å². The van der Waals surface area contributed by atoms with E-state index in [0.717, 1.165) is 0 Å². The van der Waals surface area contributed by atoms with Crippen LogP contribution in [0.15, 0.2) is 59.1 Å². The monoisotopic (exact) mass is 467 g/mol. The van der Waals surface area contributed by atoms with Crippen molar-refractivity contribution in [2.75, 3.05) is 11.9 Å². The zero-order valence-electron chi connectivity index (χ0n) is 18.2. The van der Waals surface area contributed by atoms with Crippen LogP contribution in [-0.4, -0.2) is 23.5 Å². The number of ether oxygens (including phenoxy) is 1. The maximum Gasteiger partial charge on any atom is 0.273 e. The maximum absolute atomic E-state index is 12.3. The number of nitrogens with zero attached hydrogens (tertiary/aromatic N) is 1. The minimum atomic E-state index is -0.226. The molecule has 0 unspecified atom stereocenters. The molecule has 0 aliphatic heterocycles. The summed E-state index contributed by atoms with van der Waals surface area (Å²) in [6.45, 7) is 0.817. The Morgan fingerprint density at radius 1 is 1.00 bits per heavy atom. The Morgan fingerprint density at radius 3 is 2.45 bits per heavy atom. The van der Waals surface area contributed by atoms with Gasteiger partial charge in [0.05, 0.1) is 0 Å². The van der Waals surface area contributed by atoms with Crippen molar-refractivity contribution in [3.63, 3.8) is 0 Å². The fraction of sp³-hybridized carbons (Fsp3) is 0.320. The van der Waals surface area contributed by atoms with E-state index in [4.69, 9.17) is 20.9 Å². The predicted octanol–water partition coefficient (Wildman–Crippen LogP) is 5.47. The zero-order chi connectivity index (χ0) is 23.0. The Morgan fingerprint density at radius 2 is 1.73 bits per heavy atom. The van der Waals surface area contributed by atoms with Gasteiger partial charge in [0.25, 0.3) is 11.8 Å². The summed E-state index contributed by atoms with van der Waals surface area (Å²) in [7, 11) is 0. The molecule has 172 valence electrons. The van der Waals surface area contributed by atoms with Crippen molar-refractivity contribution in [1.29, 1.82) is 0 Å². The van der Waals surface area contributed by atoms with Crippen molar-refractivity contribution in [3.8, 4) is 5.75 Å². The first-order chi connectivity index (χ1) is 16.1. The Bertz CT molecular complexity index is 1070. The molecule has 0 atom stereocenters. The van der Waals surface area contributed by atoms with E-state index in [9.17, 15) is 9.59 Å². The van der Waals surface area contributed by atoms with E-state index in [1.807, 2.05) is 0 Å². The molecular formula is C25H26ClN3O4. The number of carbonyl (C=O) groups excluding carboxylic acids is 2. The molecule has 2 aromatic carbocycles. The Hall–Kier alpha value is -3.32. The van der Waals surface area contributed by atoms with Crippen molar-refractivity contribution >= 4 is 29.1 Å². The van der Waals surface area contributed by atoms with Gasteiger partial charge < -0.3 is 19.9 Å². The van der Waals surface area contributed by atoms with Gasteiger partial charge in [0.1, 0.15) is 12.4 Å². The van der Waals surface area contributed by atoms with Crippen molar-refractivity contribution in [3.05, 3.63) is 76.6 Å². The van der Waals surface area contributed by atoms with E-state index >= 15 is 0 Å². The molecule has 2 amide bonds. The number of hydrogen-bond acceptors (Lipinski definition) is 5. The normalized spacial score (nSPS) is 14.0. The molecule has 1 heterocycles. The first-order valence-electron chi connectivity index (χ1n) is 11.1. The first-order valence-corrected chi connectivity index (χ1v) is 11.5. The van der Waals surface area contributed by atoms with Crippen LogP contribution in [0.4, 0.5) is 5.69 Å². The molecule has 1 fully saturated rings. The third-order valence-electron chi connectivity index (χ3n) is 5.67. The summed E-state index contributed by atoms with van der Waals surface area (Å²) in [5.74, 6) is 1.15. The SMILES string of the molecule is O=C(Nc1ccc(OCc2cc(C(=O)NCC3CCCCC3)no2)cc1)c1ccc(Cl)cc1. The molecule has 1 saturated carbocycles. The zero-order valence-corrected chi connectivity index (χ0v) is 18.9. The van der Waals surface area contributed by atoms with E-state index in [0.29, 0.717) is 40.2 Å². The molecule has 0 saturated heterocycles. The number of aromatic nitrogens is 1. The lowest BCUT2D eigenvalue weighted by Gasteiger charge is -2.21. The van der Waals surface area contributed by atoms with Gasteiger partial charge in [-0.15, -0.1) is 0 Å². The van der Waals surface area contributed by atoms with Crippen molar-refractivity contribution in [1.82, 2.24) is 10.5 Å². The van der Waals surface area contributed by atoms with Crippen LogP contribution < -0.4 is 15.4 Å². The highest BCUT2D eigenvalue weighted by Gasteiger charge is 2.17. The van der Waals surface area contributed by atoms with Gasteiger partial charge >= 0.3 is 0 Å². The average Bonchev–Trinajstić information content (AvgIpc) is 3.32. The lowest BCUT2D eigenvalue weighted by Crippen LogP contribution is -2.30. The van der Waals surface area contributed by atoms with Crippen LogP contribution in [0.5, 0.6) is 5.75 Å². The number of rotatable bonds is 8. The van der Waals surface area contributed by atoms with Crippen LogP contribution in [-0.2, 0) is 6.61 Å². The summed E-state index contributed by atoms with van der Waals surface area (Å²) in [6.07, 6.45) is 6.10. The summed E-state index contributed by atoms with van der Waals surface area (Å²) in [5, 5.41) is 10.2. The lowest BCUT2D eigenvalue weighted by molar-refractivity contribution is 0.0933. The van der Waals surface area contributed by atoms with Crippen LogP contribution >= 0.6 is 11.6 Å². The quantitative estimate of drug-likeness (QED) is 0.458. The summed E-state index contributed by atoms with van der Waals surface area (Å²) in [4.78, 5) is 24.6. The third-order valence-corrected chi connectivity index (χ3v) is 5.92. The maximum atomic E-state index is 12.3. The van der Waals surface area contributed by atoms with E-state index < -0.39 is 0 Å². The molecule has 3 aromatic rings. The minimum absolute atomic E-state index is 0.138. The first kappa shape index (κ1) is 22.9. The fourth-order valence-electron chi connectivity index (χ4n) is 3.80. The Kier molecular flexibility index (Phi) is 7.62. The van der Waals surface area contributed by atoms with Gasteiger partial charge in [-0.2, -0.15) is 0 Å². The minimum Gasteiger partial charge on any atom is -0.486 e. The van der Waals surface area contributed by atoms with Gasteiger partial charge in [0.2, 0.25) is 0 Å². The second kappa shape index (κ2) is 11.0. The van der Waals surface area contributed by atoms with Gasteiger partial charge in [0.15, 0.2) is 11.5 Å². The summed E-state index contributed by atoms with van der Waals surface area (Å²) in [5.41, 5.74) is 1.41. The number of carbonyl (C=O) groups is 2. The van der Waals surface area contributed by atoms with E-state index in [2.05, 4.69) is 15.8 Å². The van der Waals surface area contributed by atoms with Gasteiger partial charge in [-0.3, -0.25) is 9.59 Å². The number of hydrogen-bond donors (Lipinski definition) is 2. The van der Waals surface area contributed by atoms with Gasteiger partial charge in [-0.25, -0.2) is 0 Å². The molecule has 0 bridgehead atoms. The van der Waals surface area contributed by atoms with Crippen LogP contribution in [0.2, 0.25) is 5.02 Å². The van der Waals surface area contributed by atoms with Crippen molar-refractivity contribution in [2.24, 2.45) is 5.92 Å². The Labute approximate surface area is 197 Å². The van der Waals surface area contributed by atoms with E-state index in [-0.39, 0.29) is 24.1 Å². The standard InChI is InChI=1S/C25H26ClN3O4/c26-19-8-6-18(7-9-19)24(30)28-20-10-12-21(13-11-20)32-16-22-14-23(29-33-22)25(31)27-15-17-4-2-1-3-5-17/h6-14,17H,1-5,15-16H2,(H,27,31)(H,28,30). The van der Waals surface area contributed by atoms with Crippen LogP contribution in [0, 0.1) is 5.92 Å². The largest absolute Gasteiger partial charge is 0.486 e. The van der Waals surface area contributed by atoms with Crippen molar-refractivity contribution < 1.29 is 18.8 Å². The number of amides is 2. The Balaban J connectivity index is 1.24. The van der Waals surface area contributed by atoms with Gasteiger partial charge in [-0.05, 0) is 67.3 Å². The molecule has 0 spiro atoms. The molecule has 33 heavy (non-hydrogen) atoms. The molecular weight excluding hydrogens is 442 g/mol. The number of halogens is 1. The summed E-state index contributed by atoms with van der Waals surface area (Å²) >= 11 is 5.85. The number of anilines is 1. The molecule has 1 aromatic heterocycles. The molecule has 8 heteroatoms. The smallest absolute Gasteiger partial charge is 0.273 e. The molecule has 2 N–H and O–H groups in total. The highest BCUT2D eigenvalue weighted by atomic mass is 35.5. The topological polar surface area (TPSA) is 93.5 Å².